The summed E-state index contributed by atoms with van der Waals surface area (Å²) in [5, 5.41) is 0.501. The van der Waals surface area contributed by atoms with Gasteiger partial charge in [0.1, 0.15) is 0 Å². The summed E-state index contributed by atoms with van der Waals surface area (Å²) < 4.78 is 28.1. The first-order valence-electron chi connectivity index (χ1n) is 7.90. The predicted molar refractivity (Wildman–Crippen MR) is 102 cm³/mol. The fourth-order valence-corrected chi connectivity index (χ4v) is 4.50. The van der Waals surface area contributed by atoms with Gasteiger partial charge < -0.3 is 0 Å². The van der Waals surface area contributed by atoms with E-state index in [1.807, 2.05) is 55.5 Å². The van der Waals surface area contributed by atoms with Crippen LogP contribution in [0.4, 0.5) is 5.69 Å². The minimum absolute atomic E-state index is 0.212. The molecule has 0 fully saturated rings. The Morgan fingerprint density at radius 3 is 1.88 bits per heavy atom. The molecule has 0 bridgehead atoms. The van der Waals surface area contributed by atoms with E-state index in [2.05, 4.69) is 0 Å². The van der Waals surface area contributed by atoms with E-state index in [1.165, 1.54) is 16.4 Å². The van der Waals surface area contributed by atoms with Gasteiger partial charge in [-0.3, -0.25) is 4.31 Å². The molecule has 3 nitrogen and oxygen atoms in total. The summed E-state index contributed by atoms with van der Waals surface area (Å²) in [6, 6.07) is 24.6. The van der Waals surface area contributed by atoms with Crippen LogP contribution >= 0.6 is 11.6 Å². The average Bonchev–Trinajstić information content (AvgIpc) is 2.63. The molecule has 3 aromatic carbocycles. The topological polar surface area (TPSA) is 37.4 Å². The molecule has 0 heterocycles. The summed E-state index contributed by atoms with van der Waals surface area (Å²) in [5.41, 5.74) is 1.54. The van der Waals surface area contributed by atoms with Gasteiger partial charge in [0, 0.05) is 5.02 Å². The lowest BCUT2D eigenvalue weighted by molar-refractivity contribution is 0.583. The van der Waals surface area contributed by atoms with E-state index in [4.69, 9.17) is 11.6 Å². The monoisotopic (exact) mass is 371 g/mol. The van der Waals surface area contributed by atoms with Crippen LogP contribution in [0.1, 0.15) is 18.5 Å². The van der Waals surface area contributed by atoms with Crippen LogP contribution in [0.2, 0.25) is 5.02 Å². The fourth-order valence-electron chi connectivity index (χ4n) is 2.73. The Morgan fingerprint density at radius 1 is 0.800 bits per heavy atom. The van der Waals surface area contributed by atoms with Gasteiger partial charge in [0.25, 0.3) is 10.0 Å². The van der Waals surface area contributed by atoms with Gasteiger partial charge in [0.15, 0.2) is 0 Å². The van der Waals surface area contributed by atoms with E-state index < -0.39 is 10.0 Å². The molecule has 0 amide bonds. The van der Waals surface area contributed by atoms with Crippen LogP contribution in [0, 0.1) is 0 Å². The number of hydrogen-bond acceptors (Lipinski definition) is 2. The molecule has 0 saturated heterocycles. The molecule has 1 unspecified atom stereocenters. The van der Waals surface area contributed by atoms with Gasteiger partial charge in [0.05, 0.1) is 16.6 Å². The van der Waals surface area contributed by atoms with E-state index in [-0.39, 0.29) is 10.9 Å². The van der Waals surface area contributed by atoms with Crippen LogP contribution in [0.25, 0.3) is 0 Å². The number of nitrogens with zero attached hydrogens (tertiary/aromatic N) is 1. The van der Waals surface area contributed by atoms with Crippen molar-refractivity contribution in [1.82, 2.24) is 0 Å². The first-order valence-corrected chi connectivity index (χ1v) is 9.72. The SMILES string of the molecule is CC(c1ccccc1)N(c1ccccc1)S(=O)(=O)c1ccc(Cl)cc1. The molecule has 25 heavy (non-hydrogen) atoms. The number of anilines is 1. The zero-order valence-corrected chi connectivity index (χ0v) is 15.3. The summed E-state index contributed by atoms with van der Waals surface area (Å²) in [5.74, 6) is 0. The third-order valence-corrected chi connectivity index (χ3v) is 6.18. The summed E-state index contributed by atoms with van der Waals surface area (Å²) in [4.78, 5) is 0.212. The van der Waals surface area contributed by atoms with Crippen molar-refractivity contribution in [2.75, 3.05) is 4.31 Å². The molecule has 5 heteroatoms. The van der Waals surface area contributed by atoms with Crippen LogP contribution in [-0.2, 0) is 10.0 Å². The third-order valence-electron chi connectivity index (χ3n) is 4.01. The highest BCUT2D eigenvalue weighted by molar-refractivity contribution is 7.92. The van der Waals surface area contributed by atoms with E-state index in [1.54, 1.807) is 24.3 Å². The highest BCUT2D eigenvalue weighted by Crippen LogP contribution is 2.33. The van der Waals surface area contributed by atoms with Crippen LogP contribution in [-0.4, -0.2) is 8.42 Å². The zero-order chi connectivity index (χ0) is 17.9. The van der Waals surface area contributed by atoms with Crippen molar-refractivity contribution < 1.29 is 8.42 Å². The maximum atomic E-state index is 13.3. The summed E-state index contributed by atoms with van der Waals surface area (Å²) in [6.07, 6.45) is 0. The van der Waals surface area contributed by atoms with Crippen LogP contribution in [0.5, 0.6) is 0 Å². The Morgan fingerprint density at radius 2 is 1.32 bits per heavy atom. The molecular weight excluding hydrogens is 354 g/mol. The van der Waals surface area contributed by atoms with E-state index in [0.29, 0.717) is 10.7 Å². The van der Waals surface area contributed by atoms with Gasteiger partial charge in [-0.2, -0.15) is 0 Å². The van der Waals surface area contributed by atoms with Gasteiger partial charge in [0.2, 0.25) is 0 Å². The van der Waals surface area contributed by atoms with E-state index in [0.717, 1.165) is 5.56 Å². The molecule has 3 rings (SSSR count). The molecule has 0 saturated carbocycles. The lowest BCUT2D eigenvalue weighted by atomic mass is 10.1. The Balaban J connectivity index is 2.13. The second-order valence-corrected chi connectivity index (χ2v) is 7.93. The van der Waals surface area contributed by atoms with Crippen molar-refractivity contribution in [3.05, 3.63) is 95.5 Å². The third kappa shape index (κ3) is 3.70. The second-order valence-electron chi connectivity index (χ2n) is 5.68. The molecule has 0 N–H and O–H groups in total. The number of halogens is 1. The molecule has 0 radical (unpaired) electrons. The smallest absolute Gasteiger partial charge is 0.259 e. The molecule has 0 aromatic heterocycles. The lowest BCUT2D eigenvalue weighted by Crippen LogP contribution is -2.33. The quantitative estimate of drug-likeness (QED) is 0.610. The highest BCUT2D eigenvalue weighted by atomic mass is 35.5. The standard InChI is InChI=1S/C20H18ClNO2S/c1-16(17-8-4-2-5-9-17)22(19-10-6-3-7-11-19)25(23,24)20-14-12-18(21)13-15-20/h2-16H,1H3. The Labute approximate surface area is 153 Å². The molecule has 3 aromatic rings. The normalized spacial score (nSPS) is 12.6. The van der Waals surface area contributed by atoms with Crippen LogP contribution in [0.3, 0.4) is 0 Å². The summed E-state index contributed by atoms with van der Waals surface area (Å²) >= 11 is 5.91. The van der Waals surface area contributed by atoms with Crippen molar-refractivity contribution in [3.63, 3.8) is 0 Å². The average molecular weight is 372 g/mol. The Hall–Kier alpha value is -2.30. The first kappa shape index (κ1) is 17.5. The number of rotatable bonds is 5. The van der Waals surface area contributed by atoms with E-state index in [9.17, 15) is 8.42 Å². The van der Waals surface area contributed by atoms with Crippen molar-refractivity contribution in [2.24, 2.45) is 0 Å². The lowest BCUT2D eigenvalue weighted by Gasteiger charge is -2.31. The minimum atomic E-state index is -3.74. The molecule has 0 aliphatic carbocycles. The minimum Gasteiger partial charge on any atom is -0.259 e. The first-order chi connectivity index (χ1) is 12.0. The number of hydrogen-bond donors (Lipinski definition) is 0. The van der Waals surface area contributed by atoms with Crippen molar-refractivity contribution >= 4 is 27.3 Å². The maximum Gasteiger partial charge on any atom is 0.264 e. The van der Waals surface area contributed by atoms with Crippen molar-refractivity contribution in [1.29, 1.82) is 0 Å². The van der Waals surface area contributed by atoms with Gasteiger partial charge in [-0.15, -0.1) is 0 Å². The van der Waals surface area contributed by atoms with Crippen molar-refractivity contribution in [2.45, 2.75) is 17.9 Å². The number of sulfonamides is 1. The fraction of sp³-hybridized carbons (Fsp3) is 0.100. The molecule has 0 spiro atoms. The summed E-state index contributed by atoms with van der Waals surface area (Å²) in [6.45, 7) is 1.88. The number of benzene rings is 3. The van der Waals surface area contributed by atoms with Gasteiger partial charge in [-0.1, -0.05) is 60.1 Å². The van der Waals surface area contributed by atoms with Crippen LogP contribution < -0.4 is 4.31 Å². The van der Waals surface area contributed by atoms with Gasteiger partial charge in [-0.05, 0) is 48.9 Å². The maximum absolute atomic E-state index is 13.3. The molecular formula is C20H18ClNO2S. The van der Waals surface area contributed by atoms with Gasteiger partial charge in [-0.25, -0.2) is 8.42 Å². The molecule has 0 aliphatic rings. The Bertz CT molecular complexity index is 926. The Kier molecular flexibility index (Phi) is 5.11. The molecule has 0 aliphatic heterocycles. The predicted octanol–water partition coefficient (Wildman–Crippen LogP) is 5.30. The van der Waals surface area contributed by atoms with E-state index >= 15 is 0 Å². The highest BCUT2D eigenvalue weighted by Gasteiger charge is 2.30. The molecule has 1 atom stereocenters. The number of para-hydroxylation sites is 1. The second kappa shape index (κ2) is 7.30. The largest absolute Gasteiger partial charge is 0.264 e. The van der Waals surface area contributed by atoms with Crippen molar-refractivity contribution in [3.8, 4) is 0 Å². The van der Waals surface area contributed by atoms with Crippen LogP contribution in [0.15, 0.2) is 89.8 Å². The summed E-state index contributed by atoms with van der Waals surface area (Å²) in [7, 11) is -3.74. The molecule has 128 valence electrons. The zero-order valence-electron chi connectivity index (χ0n) is 13.7. The van der Waals surface area contributed by atoms with Gasteiger partial charge >= 0.3 is 0 Å².